The van der Waals surface area contributed by atoms with Crippen molar-refractivity contribution in [3.8, 4) is 5.75 Å². The Balaban J connectivity index is 1.62. The molecule has 2 aromatic carbocycles. The highest BCUT2D eigenvalue weighted by atomic mass is 32.2. The summed E-state index contributed by atoms with van der Waals surface area (Å²) in [6.45, 7) is 3.91. The number of hydrogen-bond acceptors (Lipinski definition) is 6. The minimum absolute atomic E-state index is 0.0800. The molecule has 0 amide bonds. The van der Waals surface area contributed by atoms with Crippen LogP contribution in [0.4, 0.5) is 0 Å². The second-order valence-electron chi connectivity index (χ2n) is 9.02. The van der Waals surface area contributed by atoms with Crippen LogP contribution in [0.1, 0.15) is 42.4 Å². The molecule has 1 saturated heterocycles. The highest BCUT2D eigenvalue weighted by Crippen LogP contribution is 2.30. The number of sulfone groups is 1. The third-order valence-electron chi connectivity index (χ3n) is 6.46. The number of rotatable bonds is 8. The van der Waals surface area contributed by atoms with E-state index in [1.54, 1.807) is 18.2 Å². The van der Waals surface area contributed by atoms with Gasteiger partial charge in [0.15, 0.2) is 9.84 Å². The lowest BCUT2D eigenvalue weighted by Crippen LogP contribution is -2.54. The minimum Gasteiger partial charge on any atom is -0.490 e. The number of benzene rings is 2. The van der Waals surface area contributed by atoms with Gasteiger partial charge in [0.2, 0.25) is 0 Å². The molecule has 1 heterocycles. The Bertz CT molecular complexity index is 1080. The van der Waals surface area contributed by atoms with E-state index in [4.69, 9.17) is 4.74 Å². The van der Waals surface area contributed by atoms with Crippen molar-refractivity contribution in [1.29, 1.82) is 0 Å². The lowest BCUT2D eigenvalue weighted by atomic mass is 10.1. The number of ether oxygens (including phenoxy) is 1. The molecule has 0 radical (unpaired) electrons. The number of hydrogen-bond donors (Lipinski definition) is 2. The molecule has 0 spiro atoms. The quantitative estimate of drug-likeness (QED) is 0.609. The average Bonchev–Trinajstić information content (AvgIpc) is 3.29. The molecular weight excluding hydrogens is 440 g/mol. The summed E-state index contributed by atoms with van der Waals surface area (Å²) in [5.41, 5.74) is 2.53. The molecular formula is C25H32N2O5S. The van der Waals surface area contributed by atoms with Crippen LogP contribution in [0.15, 0.2) is 47.4 Å². The van der Waals surface area contributed by atoms with E-state index in [2.05, 4.69) is 5.32 Å². The number of aryl methyl sites for hydroxylation is 1. The van der Waals surface area contributed by atoms with Gasteiger partial charge in [-0.1, -0.05) is 29.8 Å². The predicted molar refractivity (Wildman–Crippen MR) is 126 cm³/mol. The smallest absolute Gasteiger partial charge is 0.307 e. The Morgan fingerprint density at radius 1 is 1.15 bits per heavy atom. The van der Waals surface area contributed by atoms with Crippen molar-refractivity contribution in [3.05, 3.63) is 59.2 Å². The third kappa shape index (κ3) is 5.75. The maximum atomic E-state index is 13.5. The van der Waals surface area contributed by atoms with Crippen molar-refractivity contribution >= 4 is 15.8 Å². The molecule has 4 rings (SSSR count). The highest BCUT2D eigenvalue weighted by Gasteiger charge is 2.35. The summed E-state index contributed by atoms with van der Waals surface area (Å²) in [6, 6.07) is 12.5. The number of carboxylic acid groups (broad SMARTS) is 1. The van der Waals surface area contributed by atoms with E-state index in [0.29, 0.717) is 36.6 Å². The molecule has 178 valence electrons. The van der Waals surface area contributed by atoms with Crippen LogP contribution >= 0.6 is 0 Å². The first-order valence-electron chi connectivity index (χ1n) is 11.6. The number of nitrogens with one attached hydrogen (secondary N) is 1. The Hall–Kier alpha value is -2.42. The van der Waals surface area contributed by atoms with Gasteiger partial charge < -0.3 is 15.2 Å². The maximum absolute atomic E-state index is 13.5. The molecule has 2 fully saturated rings. The normalized spacial score (nSPS) is 20.1. The predicted octanol–water partition coefficient (Wildman–Crippen LogP) is 3.15. The summed E-state index contributed by atoms with van der Waals surface area (Å²) in [4.78, 5) is 13.5. The number of carbonyl (C=O) groups is 1. The average molecular weight is 473 g/mol. The molecule has 1 aliphatic carbocycles. The van der Waals surface area contributed by atoms with Crippen LogP contribution in [0.3, 0.4) is 0 Å². The van der Waals surface area contributed by atoms with Crippen LogP contribution in [-0.2, 0) is 27.6 Å². The SMILES string of the molecule is Cc1ccc(S(=O)(=O)C2CNCCN2Cc2cc(CC(=O)O)ccc2OC2CCCC2)cc1. The Kier molecular flexibility index (Phi) is 7.36. The minimum atomic E-state index is -3.58. The zero-order valence-electron chi connectivity index (χ0n) is 19.0. The number of piperazine rings is 1. The van der Waals surface area contributed by atoms with E-state index in [1.165, 1.54) is 0 Å². The first-order chi connectivity index (χ1) is 15.8. The number of aliphatic carboxylic acids is 1. The van der Waals surface area contributed by atoms with Gasteiger partial charge in [-0.2, -0.15) is 0 Å². The van der Waals surface area contributed by atoms with Gasteiger partial charge in [-0.05, 0) is 56.4 Å². The van der Waals surface area contributed by atoms with Crippen LogP contribution in [0, 0.1) is 6.92 Å². The van der Waals surface area contributed by atoms with Crippen LogP contribution < -0.4 is 10.1 Å². The fourth-order valence-electron chi connectivity index (χ4n) is 4.65. The van der Waals surface area contributed by atoms with E-state index in [9.17, 15) is 18.3 Å². The second-order valence-corrected chi connectivity index (χ2v) is 11.1. The lowest BCUT2D eigenvalue weighted by molar-refractivity contribution is -0.136. The molecule has 8 heteroatoms. The van der Waals surface area contributed by atoms with Gasteiger partial charge in [0.25, 0.3) is 0 Å². The van der Waals surface area contributed by atoms with Gasteiger partial charge in [0.1, 0.15) is 11.1 Å². The largest absolute Gasteiger partial charge is 0.490 e. The van der Waals surface area contributed by atoms with Crippen molar-refractivity contribution in [1.82, 2.24) is 10.2 Å². The zero-order chi connectivity index (χ0) is 23.4. The summed E-state index contributed by atoms with van der Waals surface area (Å²) in [5, 5.41) is 11.8. The van der Waals surface area contributed by atoms with Crippen molar-refractivity contribution in [2.45, 2.75) is 61.9 Å². The van der Waals surface area contributed by atoms with Crippen molar-refractivity contribution in [2.75, 3.05) is 19.6 Å². The lowest BCUT2D eigenvalue weighted by Gasteiger charge is -2.36. The summed E-state index contributed by atoms with van der Waals surface area (Å²) >= 11 is 0. The molecule has 1 atom stereocenters. The second kappa shape index (κ2) is 10.2. The van der Waals surface area contributed by atoms with E-state index in [0.717, 1.165) is 42.6 Å². The first-order valence-corrected chi connectivity index (χ1v) is 13.1. The van der Waals surface area contributed by atoms with Crippen LogP contribution in [0.25, 0.3) is 0 Å². The molecule has 7 nitrogen and oxygen atoms in total. The topological polar surface area (TPSA) is 95.9 Å². The Morgan fingerprint density at radius 3 is 2.58 bits per heavy atom. The summed E-state index contributed by atoms with van der Waals surface area (Å²) in [5.74, 6) is -0.173. The van der Waals surface area contributed by atoms with Crippen molar-refractivity contribution in [2.24, 2.45) is 0 Å². The van der Waals surface area contributed by atoms with Gasteiger partial charge in [0.05, 0.1) is 17.4 Å². The molecule has 1 saturated carbocycles. The van der Waals surface area contributed by atoms with Crippen LogP contribution in [-0.4, -0.2) is 55.5 Å². The van der Waals surface area contributed by atoms with Gasteiger partial charge in [-0.3, -0.25) is 9.69 Å². The standard InChI is InChI=1S/C25H32N2O5S/c1-18-6-9-22(10-7-18)33(30,31)24-16-26-12-13-27(24)17-20-14-19(15-25(28)29)8-11-23(20)32-21-4-2-3-5-21/h6-11,14,21,24,26H,2-5,12-13,15-17H2,1H3,(H,28,29). The first kappa shape index (κ1) is 23.7. The third-order valence-corrected chi connectivity index (χ3v) is 8.57. The summed E-state index contributed by atoms with van der Waals surface area (Å²) in [7, 11) is -3.58. The van der Waals surface area contributed by atoms with E-state index in [-0.39, 0.29) is 12.5 Å². The molecule has 33 heavy (non-hydrogen) atoms. The molecule has 1 aliphatic heterocycles. The van der Waals surface area contributed by atoms with E-state index >= 15 is 0 Å². The van der Waals surface area contributed by atoms with E-state index < -0.39 is 21.2 Å². The van der Waals surface area contributed by atoms with Gasteiger partial charge in [-0.25, -0.2) is 8.42 Å². The number of nitrogens with zero attached hydrogens (tertiary/aromatic N) is 1. The molecule has 1 unspecified atom stereocenters. The van der Waals surface area contributed by atoms with Crippen molar-refractivity contribution in [3.63, 3.8) is 0 Å². The molecule has 0 bridgehead atoms. The van der Waals surface area contributed by atoms with Crippen LogP contribution in [0.5, 0.6) is 5.75 Å². The van der Waals surface area contributed by atoms with E-state index in [1.807, 2.05) is 36.1 Å². The fraction of sp³-hybridized carbons (Fsp3) is 0.480. The monoisotopic (exact) mass is 472 g/mol. The number of carboxylic acids is 1. The fourth-order valence-corrected chi connectivity index (χ4v) is 6.39. The summed E-state index contributed by atoms with van der Waals surface area (Å²) < 4.78 is 33.3. The maximum Gasteiger partial charge on any atom is 0.307 e. The molecule has 2 aromatic rings. The van der Waals surface area contributed by atoms with Crippen LogP contribution in [0.2, 0.25) is 0 Å². The molecule has 2 aliphatic rings. The zero-order valence-corrected chi connectivity index (χ0v) is 19.8. The van der Waals surface area contributed by atoms with Gasteiger partial charge >= 0.3 is 5.97 Å². The molecule has 0 aromatic heterocycles. The van der Waals surface area contributed by atoms with Gasteiger partial charge in [0, 0.05) is 31.7 Å². The highest BCUT2D eigenvalue weighted by molar-refractivity contribution is 7.92. The van der Waals surface area contributed by atoms with Gasteiger partial charge in [-0.15, -0.1) is 0 Å². The van der Waals surface area contributed by atoms with Crippen molar-refractivity contribution < 1.29 is 23.1 Å². The summed E-state index contributed by atoms with van der Waals surface area (Å²) in [6.07, 6.45) is 4.38. The Morgan fingerprint density at radius 2 is 1.88 bits per heavy atom. The molecule has 2 N–H and O–H groups in total. The Labute approximate surface area is 195 Å².